The molecule has 1 atom stereocenters. The molecule has 0 amide bonds. The van der Waals surface area contributed by atoms with Crippen molar-refractivity contribution in [3.05, 3.63) is 65.2 Å². The van der Waals surface area contributed by atoms with Gasteiger partial charge in [-0.05, 0) is 68.5 Å². The lowest BCUT2D eigenvalue weighted by Crippen LogP contribution is -2.51. The van der Waals surface area contributed by atoms with Gasteiger partial charge in [0.05, 0.1) is 11.1 Å². The zero-order valence-corrected chi connectivity index (χ0v) is 17.2. The Balaban J connectivity index is 1.76. The standard InChI is InChI=1S/C21H27ClN2O2S/c1-17-13-15-24(16-14-17)21(12-11-18-7-5-6-10-20(18)22)23-27(25,26)19-8-3-2-4-9-19/h2-10,17,21,23H,11-16H2,1H3. The minimum Gasteiger partial charge on any atom is -0.287 e. The Hall–Kier alpha value is -1.40. The van der Waals surface area contributed by atoms with E-state index in [0.29, 0.717) is 17.2 Å². The highest BCUT2D eigenvalue weighted by molar-refractivity contribution is 7.89. The summed E-state index contributed by atoms with van der Waals surface area (Å²) in [5, 5.41) is 0.731. The Bertz CT molecular complexity index is 834. The molecule has 1 fully saturated rings. The molecule has 0 spiro atoms. The van der Waals surface area contributed by atoms with Gasteiger partial charge in [-0.1, -0.05) is 54.9 Å². The Morgan fingerprint density at radius 3 is 2.37 bits per heavy atom. The van der Waals surface area contributed by atoms with Gasteiger partial charge in [0.25, 0.3) is 0 Å². The lowest BCUT2D eigenvalue weighted by molar-refractivity contribution is 0.124. The van der Waals surface area contributed by atoms with E-state index in [1.54, 1.807) is 24.3 Å². The molecule has 0 bridgehead atoms. The van der Waals surface area contributed by atoms with E-state index in [1.807, 2.05) is 30.3 Å². The number of nitrogens with one attached hydrogen (secondary N) is 1. The highest BCUT2D eigenvalue weighted by Crippen LogP contribution is 2.23. The van der Waals surface area contributed by atoms with Crippen molar-refractivity contribution in [1.29, 1.82) is 0 Å². The summed E-state index contributed by atoms with van der Waals surface area (Å²) >= 11 is 6.29. The first-order chi connectivity index (χ1) is 13.0. The van der Waals surface area contributed by atoms with E-state index in [-0.39, 0.29) is 6.17 Å². The first kappa shape index (κ1) is 20.3. The third-order valence-corrected chi connectivity index (χ3v) is 7.09. The predicted molar refractivity (Wildman–Crippen MR) is 110 cm³/mol. The molecular formula is C21H27ClN2O2S. The van der Waals surface area contributed by atoms with E-state index >= 15 is 0 Å². The molecule has 146 valence electrons. The second-order valence-corrected chi connectivity index (χ2v) is 9.42. The average molecular weight is 407 g/mol. The van der Waals surface area contributed by atoms with Gasteiger partial charge in [0.15, 0.2) is 0 Å². The number of rotatable bonds is 7. The molecule has 2 aromatic carbocycles. The van der Waals surface area contributed by atoms with Crippen LogP contribution in [-0.4, -0.2) is 32.6 Å². The number of hydrogen-bond acceptors (Lipinski definition) is 3. The Kier molecular flexibility index (Phi) is 6.93. The molecule has 3 rings (SSSR count). The average Bonchev–Trinajstić information content (AvgIpc) is 2.67. The van der Waals surface area contributed by atoms with Crippen LogP contribution in [0.5, 0.6) is 0 Å². The smallest absolute Gasteiger partial charge is 0.241 e. The maximum Gasteiger partial charge on any atom is 0.241 e. The summed E-state index contributed by atoms with van der Waals surface area (Å²) in [7, 11) is -3.56. The summed E-state index contributed by atoms with van der Waals surface area (Å²) in [5.74, 6) is 0.691. The van der Waals surface area contributed by atoms with Gasteiger partial charge in [-0.3, -0.25) is 4.90 Å². The molecule has 1 N–H and O–H groups in total. The Morgan fingerprint density at radius 1 is 1.07 bits per heavy atom. The second kappa shape index (κ2) is 9.20. The molecule has 4 nitrogen and oxygen atoms in total. The first-order valence-corrected chi connectivity index (χ1v) is 11.4. The van der Waals surface area contributed by atoms with Crippen molar-refractivity contribution in [2.45, 2.75) is 43.7 Å². The molecule has 1 aliphatic heterocycles. The number of likely N-dealkylation sites (tertiary alicyclic amines) is 1. The third kappa shape index (κ3) is 5.55. The largest absolute Gasteiger partial charge is 0.287 e. The van der Waals surface area contributed by atoms with Gasteiger partial charge in [-0.15, -0.1) is 0 Å². The molecule has 2 aromatic rings. The Morgan fingerprint density at radius 2 is 1.70 bits per heavy atom. The summed E-state index contributed by atoms with van der Waals surface area (Å²) in [4.78, 5) is 2.57. The van der Waals surface area contributed by atoms with E-state index in [9.17, 15) is 8.42 Å². The maximum atomic E-state index is 12.9. The molecule has 1 heterocycles. The molecule has 1 aliphatic rings. The molecule has 0 saturated carbocycles. The van der Waals surface area contributed by atoms with Crippen LogP contribution in [0.25, 0.3) is 0 Å². The molecule has 27 heavy (non-hydrogen) atoms. The van der Waals surface area contributed by atoms with Crippen molar-refractivity contribution in [3.63, 3.8) is 0 Å². The summed E-state index contributed by atoms with van der Waals surface area (Å²) in [6.45, 7) is 4.07. The van der Waals surface area contributed by atoms with Crippen LogP contribution in [0, 0.1) is 5.92 Å². The lowest BCUT2D eigenvalue weighted by Gasteiger charge is -2.37. The van der Waals surface area contributed by atoms with Gasteiger partial charge >= 0.3 is 0 Å². The van der Waals surface area contributed by atoms with Crippen LogP contribution in [0.2, 0.25) is 5.02 Å². The monoisotopic (exact) mass is 406 g/mol. The van der Waals surface area contributed by atoms with Crippen molar-refractivity contribution in [2.75, 3.05) is 13.1 Å². The predicted octanol–water partition coefficient (Wildman–Crippen LogP) is 4.31. The minimum atomic E-state index is -3.56. The topological polar surface area (TPSA) is 49.4 Å². The SMILES string of the molecule is CC1CCN(C(CCc2ccccc2Cl)NS(=O)(=O)c2ccccc2)CC1. The molecule has 0 aliphatic carbocycles. The van der Waals surface area contributed by atoms with Crippen LogP contribution in [0.1, 0.15) is 31.7 Å². The van der Waals surface area contributed by atoms with Crippen LogP contribution < -0.4 is 4.72 Å². The first-order valence-electron chi connectivity index (χ1n) is 9.50. The van der Waals surface area contributed by atoms with Crippen LogP contribution >= 0.6 is 11.6 Å². The van der Waals surface area contributed by atoms with E-state index in [4.69, 9.17) is 11.6 Å². The lowest BCUT2D eigenvalue weighted by atomic mass is 9.98. The van der Waals surface area contributed by atoms with Crippen LogP contribution in [-0.2, 0) is 16.4 Å². The number of piperidine rings is 1. The van der Waals surface area contributed by atoms with Gasteiger partial charge in [0.2, 0.25) is 10.0 Å². The number of nitrogens with zero attached hydrogens (tertiary/aromatic N) is 1. The van der Waals surface area contributed by atoms with E-state index in [0.717, 1.165) is 42.9 Å². The van der Waals surface area contributed by atoms with Crippen molar-refractivity contribution >= 4 is 21.6 Å². The van der Waals surface area contributed by atoms with Gasteiger partial charge < -0.3 is 0 Å². The number of sulfonamides is 1. The van der Waals surface area contributed by atoms with E-state index in [1.165, 1.54) is 0 Å². The maximum absolute atomic E-state index is 12.9. The van der Waals surface area contributed by atoms with E-state index in [2.05, 4.69) is 16.5 Å². The van der Waals surface area contributed by atoms with Gasteiger partial charge in [0.1, 0.15) is 0 Å². The molecule has 0 radical (unpaired) electrons. The highest BCUT2D eigenvalue weighted by atomic mass is 35.5. The summed E-state index contributed by atoms with van der Waals surface area (Å²) < 4.78 is 28.7. The number of halogens is 1. The van der Waals surface area contributed by atoms with Crippen molar-refractivity contribution in [1.82, 2.24) is 9.62 Å². The van der Waals surface area contributed by atoms with Gasteiger partial charge in [0, 0.05) is 5.02 Å². The number of hydrogen-bond donors (Lipinski definition) is 1. The number of aryl methyl sites for hydroxylation is 1. The fourth-order valence-corrected chi connectivity index (χ4v) is 5.00. The molecule has 6 heteroatoms. The van der Waals surface area contributed by atoms with Crippen LogP contribution in [0.3, 0.4) is 0 Å². The summed E-state index contributed by atoms with van der Waals surface area (Å²) in [5.41, 5.74) is 1.05. The van der Waals surface area contributed by atoms with Crippen LogP contribution in [0.15, 0.2) is 59.5 Å². The quantitative estimate of drug-likeness (QED) is 0.745. The third-order valence-electron chi connectivity index (χ3n) is 5.25. The molecular weight excluding hydrogens is 380 g/mol. The van der Waals surface area contributed by atoms with Gasteiger partial charge in [-0.25, -0.2) is 8.42 Å². The fourth-order valence-electron chi connectivity index (χ4n) is 3.50. The molecule has 1 unspecified atom stereocenters. The number of benzene rings is 2. The summed E-state index contributed by atoms with van der Waals surface area (Å²) in [6.07, 6.45) is 3.36. The van der Waals surface area contributed by atoms with Crippen LogP contribution in [0.4, 0.5) is 0 Å². The zero-order valence-electron chi connectivity index (χ0n) is 15.6. The Labute approximate surface area is 167 Å². The summed E-state index contributed by atoms with van der Waals surface area (Å²) in [6, 6.07) is 16.3. The van der Waals surface area contributed by atoms with Gasteiger partial charge in [-0.2, -0.15) is 4.72 Å². The molecule has 0 aromatic heterocycles. The van der Waals surface area contributed by atoms with E-state index < -0.39 is 10.0 Å². The minimum absolute atomic E-state index is 0.237. The van der Waals surface area contributed by atoms with Crippen molar-refractivity contribution in [2.24, 2.45) is 5.92 Å². The normalized spacial score (nSPS) is 17.7. The second-order valence-electron chi connectivity index (χ2n) is 7.30. The highest BCUT2D eigenvalue weighted by Gasteiger charge is 2.27. The fraction of sp³-hybridized carbons (Fsp3) is 0.429. The zero-order chi connectivity index (χ0) is 19.3. The molecule has 1 saturated heterocycles. The van der Waals surface area contributed by atoms with Crippen molar-refractivity contribution < 1.29 is 8.42 Å². The van der Waals surface area contributed by atoms with Crippen molar-refractivity contribution in [3.8, 4) is 0 Å².